The predicted molar refractivity (Wildman–Crippen MR) is 186 cm³/mol. The lowest BCUT2D eigenvalue weighted by Crippen LogP contribution is -3.00. The monoisotopic (exact) mass is 786 g/mol. The molecule has 0 unspecified atom stereocenters. The van der Waals surface area contributed by atoms with Crippen LogP contribution in [0, 0.1) is 13.8 Å². The molecule has 50 heavy (non-hydrogen) atoms. The first-order chi connectivity index (χ1) is 23.5. The van der Waals surface area contributed by atoms with Crippen LogP contribution in [0.5, 0.6) is 11.5 Å². The molecule has 2 fully saturated rings. The highest BCUT2D eigenvalue weighted by molar-refractivity contribution is 6.35. The van der Waals surface area contributed by atoms with Gasteiger partial charge in [-0.3, -0.25) is 9.59 Å². The molecule has 0 bridgehead atoms. The van der Waals surface area contributed by atoms with E-state index in [1.807, 2.05) is 84.5 Å². The van der Waals surface area contributed by atoms with Gasteiger partial charge in [0.1, 0.15) is 49.7 Å². The highest BCUT2D eigenvalue weighted by Crippen LogP contribution is 2.40. The average Bonchev–Trinajstić information content (AvgIpc) is 3.68. The van der Waals surface area contributed by atoms with E-state index in [1.165, 1.54) is 6.92 Å². The summed E-state index contributed by atoms with van der Waals surface area (Å²) in [4.78, 5) is 27.3. The molecule has 0 radical (unpaired) electrons. The van der Waals surface area contributed by atoms with Gasteiger partial charge in [-0.1, -0.05) is 29.3 Å². The number of hydrogen-bond acceptors (Lipinski definition) is 7. The topological polar surface area (TPSA) is 86.4 Å². The second kappa shape index (κ2) is 16.2. The molecule has 2 atom stereocenters. The second-order valence-corrected chi connectivity index (χ2v) is 13.5. The van der Waals surface area contributed by atoms with E-state index in [1.54, 1.807) is 19.1 Å². The molecule has 2 aliphatic rings. The first-order valence-electron chi connectivity index (χ1n) is 16.3. The molecule has 10 nitrogen and oxygen atoms in total. The normalized spacial score (nSPS) is 18.9. The summed E-state index contributed by atoms with van der Waals surface area (Å²) in [5.74, 6) is -0.0524. The van der Waals surface area contributed by atoms with Gasteiger partial charge in [-0.2, -0.15) is 0 Å². The number of aryl methyl sites for hydroxylation is 2. The minimum Gasteiger partial charge on any atom is -1.00 e. The zero-order chi connectivity index (χ0) is 34.7. The summed E-state index contributed by atoms with van der Waals surface area (Å²) in [6.07, 6.45) is 5.60. The van der Waals surface area contributed by atoms with Crippen LogP contribution in [-0.2, 0) is 37.9 Å². The Bertz CT molecular complexity index is 1810. The van der Waals surface area contributed by atoms with Crippen LogP contribution in [0.25, 0.3) is 0 Å². The SMILES string of the molecule is CC(=O)Oc1c(C)cc(C[n+]2ccn(C[C@]3(c4ccc(Cl)cc4Cl)OC[C@H](COc4ccc(N5CCN(C(C)=O)CC5)cc4)O3)c2)cc1C.[Br-]. The Morgan fingerprint density at radius 2 is 1.68 bits per heavy atom. The number of carbonyl (C=O) groups excluding carboxylic acids is 2. The van der Waals surface area contributed by atoms with E-state index in [2.05, 4.69) is 9.47 Å². The van der Waals surface area contributed by atoms with Crippen molar-refractivity contribution in [2.45, 2.75) is 52.7 Å². The van der Waals surface area contributed by atoms with E-state index in [0.717, 1.165) is 54.3 Å². The molecule has 0 aliphatic carbocycles. The summed E-state index contributed by atoms with van der Waals surface area (Å²) in [5, 5.41) is 0.975. The summed E-state index contributed by atoms with van der Waals surface area (Å²) >= 11 is 13.0. The standard InChI is InChI=1S/C37H41Cl2N4O6.BrH/c1-25-17-29(18-26(2)36(25)48-28(4)45)20-40-11-12-41(24-40)23-37(34-10-5-30(38)19-35(34)39)47-22-33(49-37)21-46-32-8-6-31(7-9-32)43-15-13-42(14-16-43)27(3)44;/h5-12,17-19,24,33H,13-16,20-23H2,1-4H3;1H/q+1;/p-1/t33-,37-;/m0./s1. The number of amides is 1. The number of rotatable bonds is 10. The van der Waals surface area contributed by atoms with Crippen molar-refractivity contribution in [3.05, 3.63) is 106 Å². The van der Waals surface area contributed by atoms with E-state index < -0.39 is 5.79 Å². The maximum absolute atomic E-state index is 11.7. The Labute approximate surface area is 313 Å². The lowest BCUT2D eigenvalue weighted by Gasteiger charge is -2.35. The van der Waals surface area contributed by atoms with Gasteiger partial charge < -0.3 is 45.7 Å². The van der Waals surface area contributed by atoms with E-state index in [-0.39, 0.29) is 41.6 Å². The van der Waals surface area contributed by atoms with Crippen LogP contribution in [-0.4, -0.2) is 66.8 Å². The largest absolute Gasteiger partial charge is 1.00 e. The molecule has 6 rings (SSSR count). The quantitative estimate of drug-likeness (QED) is 0.139. The number of anilines is 1. The summed E-state index contributed by atoms with van der Waals surface area (Å²) in [6.45, 7) is 11.5. The molecule has 4 aromatic rings. The minimum absolute atomic E-state index is 0. The molecule has 1 amide bonds. The summed E-state index contributed by atoms with van der Waals surface area (Å²) in [5.41, 5.74) is 4.67. The third kappa shape index (κ3) is 8.81. The molecule has 13 heteroatoms. The molecule has 3 aromatic carbocycles. The Morgan fingerprint density at radius 1 is 0.980 bits per heavy atom. The van der Waals surface area contributed by atoms with Crippen LogP contribution in [0.4, 0.5) is 5.69 Å². The predicted octanol–water partition coefficient (Wildman–Crippen LogP) is 2.69. The van der Waals surface area contributed by atoms with Crippen LogP contribution < -0.4 is 35.9 Å². The van der Waals surface area contributed by atoms with Gasteiger partial charge in [0.15, 0.2) is 0 Å². The number of imidazole rings is 1. The first kappa shape index (κ1) is 37.6. The van der Waals surface area contributed by atoms with Crippen molar-refractivity contribution in [2.75, 3.05) is 44.3 Å². The van der Waals surface area contributed by atoms with Gasteiger partial charge in [0, 0.05) is 56.3 Å². The Kier molecular flexibility index (Phi) is 12.2. The van der Waals surface area contributed by atoms with E-state index >= 15 is 0 Å². The van der Waals surface area contributed by atoms with E-state index in [0.29, 0.717) is 41.1 Å². The van der Waals surface area contributed by atoms with E-state index in [9.17, 15) is 9.59 Å². The van der Waals surface area contributed by atoms with Crippen molar-refractivity contribution in [3.63, 3.8) is 0 Å². The number of esters is 1. The molecular weight excluding hydrogens is 747 g/mol. The number of halogens is 3. The third-order valence-corrected chi connectivity index (χ3v) is 9.38. The van der Waals surface area contributed by atoms with Gasteiger partial charge in [0.25, 0.3) is 0 Å². The summed E-state index contributed by atoms with van der Waals surface area (Å²) in [7, 11) is 0. The van der Waals surface area contributed by atoms with Crippen molar-refractivity contribution >= 4 is 40.8 Å². The fourth-order valence-corrected chi connectivity index (χ4v) is 7.04. The fourth-order valence-electron chi connectivity index (χ4n) is 6.49. The molecule has 0 spiro atoms. The zero-order valence-electron chi connectivity index (χ0n) is 28.5. The molecule has 2 saturated heterocycles. The number of hydrogen-bond donors (Lipinski definition) is 0. The lowest BCUT2D eigenvalue weighted by atomic mass is 10.1. The van der Waals surface area contributed by atoms with Crippen LogP contribution in [0.15, 0.2) is 73.3 Å². The lowest BCUT2D eigenvalue weighted by molar-refractivity contribution is -0.688. The van der Waals surface area contributed by atoms with Crippen molar-refractivity contribution in [1.82, 2.24) is 9.47 Å². The number of piperazine rings is 1. The maximum atomic E-state index is 11.7. The van der Waals surface area contributed by atoms with Gasteiger partial charge in [-0.15, -0.1) is 0 Å². The molecular formula is C37H41BrCl2N4O6. The Hall–Kier alpha value is -3.61. The molecule has 0 N–H and O–H groups in total. The smallest absolute Gasteiger partial charge is 0.308 e. The van der Waals surface area contributed by atoms with Gasteiger partial charge in [-0.05, 0) is 79.1 Å². The highest BCUT2D eigenvalue weighted by Gasteiger charge is 2.47. The van der Waals surface area contributed by atoms with Gasteiger partial charge in [-0.25, -0.2) is 9.13 Å². The zero-order valence-corrected chi connectivity index (χ0v) is 31.6. The number of carbonyl (C=O) groups is 2. The highest BCUT2D eigenvalue weighted by atomic mass is 79.9. The van der Waals surface area contributed by atoms with Crippen LogP contribution >= 0.6 is 23.2 Å². The number of aromatic nitrogens is 2. The maximum Gasteiger partial charge on any atom is 0.308 e. The average molecular weight is 789 g/mol. The Morgan fingerprint density at radius 3 is 2.32 bits per heavy atom. The number of nitrogens with zero attached hydrogens (tertiary/aromatic N) is 4. The van der Waals surface area contributed by atoms with Crippen LogP contribution in [0.2, 0.25) is 10.0 Å². The number of ether oxygens (including phenoxy) is 4. The molecule has 266 valence electrons. The molecule has 3 heterocycles. The number of benzene rings is 3. The summed E-state index contributed by atoms with van der Waals surface area (Å²) < 4.78 is 28.7. The minimum atomic E-state index is -1.17. The fraction of sp³-hybridized carbons (Fsp3) is 0.378. The Balaban J connectivity index is 0.00000486. The van der Waals surface area contributed by atoms with Crippen LogP contribution in [0.3, 0.4) is 0 Å². The second-order valence-electron chi connectivity index (χ2n) is 12.6. The van der Waals surface area contributed by atoms with Gasteiger partial charge in [0.05, 0.1) is 11.6 Å². The third-order valence-electron chi connectivity index (χ3n) is 8.83. The van der Waals surface area contributed by atoms with Crippen molar-refractivity contribution in [2.24, 2.45) is 0 Å². The van der Waals surface area contributed by atoms with Gasteiger partial charge >= 0.3 is 5.97 Å². The van der Waals surface area contributed by atoms with Crippen molar-refractivity contribution < 1.29 is 50.1 Å². The first-order valence-corrected chi connectivity index (χ1v) is 17.1. The molecule has 0 saturated carbocycles. The summed E-state index contributed by atoms with van der Waals surface area (Å²) in [6, 6.07) is 17.4. The van der Waals surface area contributed by atoms with Crippen LogP contribution in [0.1, 0.15) is 36.1 Å². The van der Waals surface area contributed by atoms with Crippen molar-refractivity contribution in [3.8, 4) is 11.5 Å². The molecule has 2 aliphatic heterocycles. The van der Waals surface area contributed by atoms with E-state index in [4.69, 9.17) is 42.1 Å². The molecule has 1 aromatic heterocycles. The van der Waals surface area contributed by atoms with Gasteiger partial charge in [0.2, 0.25) is 18.0 Å². The van der Waals surface area contributed by atoms with Crippen molar-refractivity contribution in [1.29, 1.82) is 0 Å².